The molecule has 346 valence electrons. The summed E-state index contributed by atoms with van der Waals surface area (Å²) in [7, 11) is 2.29. The van der Waals surface area contributed by atoms with Gasteiger partial charge in [0.25, 0.3) is 0 Å². The molecule has 0 rings (SSSR count). The highest BCUT2D eigenvalue weighted by Crippen LogP contribution is 2.22. The van der Waals surface area contributed by atoms with E-state index < -0.39 is 0 Å². The van der Waals surface area contributed by atoms with Crippen molar-refractivity contribution >= 4 is 35.5 Å². The third-order valence-electron chi connectivity index (χ3n) is 11.6. The fourth-order valence-electron chi connectivity index (χ4n) is 7.73. The molecule has 2 unspecified atom stereocenters. The van der Waals surface area contributed by atoms with E-state index in [0.29, 0.717) is 18.9 Å². The topological polar surface area (TPSA) is 76.1 Å². The van der Waals surface area contributed by atoms with Crippen molar-refractivity contribution in [3.05, 3.63) is 0 Å². The van der Waals surface area contributed by atoms with Gasteiger partial charge >= 0.3 is 11.9 Å². The SMILES string of the molecule is CCCCCCCCC(=O)OC(CCCCCC)CSCCCCCC(CCCCCSCC(CCCCCC)OC(=O)CCCCCCCC)N(C)CCCCO. The summed E-state index contributed by atoms with van der Waals surface area (Å²) in [5, 5.41) is 9.35. The minimum absolute atomic E-state index is 0.0166. The van der Waals surface area contributed by atoms with Gasteiger partial charge < -0.3 is 19.5 Å². The largest absolute Gasteiger partial charge is 0.461 e. The van der Waals surface area contributed by atoms with Crippen LogP contribution in [0.1, 0.15) is 246 Å². The Balaban J connectivity index is 4.60. The van der Waals surface area contributed by atoms with Crippen LogP contribution in [0.25, 0.3) is 0 Å². The Morgan fingerprint density at radius 3 is 1.24 bits per heavy atom. The summed E-state index contributed by atoms with van der Waals surface area (Å²) >= 11 is 3.97. The van der Waals surface area contributed by atoms with Gasteiger partial charge in [-0.05, 0) is 102 Å². The van der Waals surface area contributed by atoms with E-state index >= 15 is 0 Å². The van der Waals surface area contributed by atoms with E-state index in [1.165, 1.54) is 141 Å². The molecule has 0 heterocycles. The van der Waals surface area contributed by atoms with E-state index in [0.717, 1.165) is 93.8 Å². The van der Waals surface area contributed by atoms with E-state index in [1.54, 1.807) is 0 Å². The van der Waals surface area contributed by atoms with Crippen LogP contribution in [-0.2, 0) is 19.1 Å². The number of aliphatic hydroxyl groups excluding tert-OH is 1. The van der Waals surface area contributed by atoms with E-state index in [2.05, 4.69) is 39.6 Å². The Morgan fingerprint density at radius 2 is 0.828 bits per heavy atom. The Morgan fingerprint density at radius 1 is 0.466 bits per heavy atom. The summed E-state index contributed by atoms with van der Waals surface area (Å²) in [5.41, 5.74) is 0. The maximum Gasteiger partial charge on any atom is 0.306 e. The van der Waals surface area contributed by atoms with Crippen LogP contribution in [0.2, 0.25) is 0 Å². The fraction of sp³-hybridized carbons (Fsp3) is 0.960. The lowest BCUT2D eigenvalue weighted by Gasteiger charge is -2.28. The maximum atomic E-state index is 12.6. The molecule has 58 heavy (non-hydrogen) atoms. The van der Waals surface area contributed by atoms with Gasteiger partial charge in [-0.25, -0.2) is 0 Å². The van der Waals surface area contributed by atoms with Gasteiger partial charge in [-0.3, -0.25) is 9.59 Å². The van der Waals surface area contributed by atoms with Gasteiger partial charge in [-0.1, -0.05) is 156 Å². The Kier molecular flexibility index (Phi) is 45.7. The van der Waals surface area contributed by atoms with Gasteiger partial charge in [-0.15, -0.1) is 0 Å². The zero-order valence-electron chi connectivity index (χ0n) is 39.4. The predicted octanol–water partition coefficient (Wildman–Crippen LogP) is 14.9. The number of aliphatic hydroxyl groups is 1. The van der Waals surface area contributed by atoms with Crippen molar-refractivity contribution in [3.63, 3.8) is 0 Å². The van der Waals surface area contributed by atoms with Crippen LogP contribution in [0.3, 0.4) is 0 Å². The number of hydrogen-bond donors (Lipinski definition) is 1. The second-order valence-corrected chi connectivity index (χ2v) is 19.7. The van der Waals surface area contributed by atoms with Gasteiger partial charge in [0.15, 0.2) is 0 Å². The molecular weight excluding hydrogens is 759 g/mol. The maximum absolute atomic E-state index is 12.6. The minimum atomic E-state index is 0.0166. The molecule has 0 radical (unpaired) electrons. The van der Waals surface area contributed by atoms with E-state index in [9.17, 15) is 14.7 Å². The zero-order chi connectivity index (χ0) is 42.6. The first-order valence-corrected chi connectivity index (χ1v) is 27.6. The van der Waals surface area contributed by atoms with Crippen LogP contribution in [0.15, 0.2) is 0 Å². The summed E-state index contributed by atoms with van der Waals surface area (Å²) in [6.07, 6.45) is 39.4. The summed E-state index contributed by atoms with van der Waals surface area (Å²) in [5.74, 6) is 4.20. The average molecular weight is 858 g/mol. The molecule has 0 aliphatic rings. The molecule has 0 aliphatic heterocycles. The molecule has 0 spiro atoms. The molecule has 6 nitrogen and oxygen atoms in total. The van der Waals surface area contributed by atoms with E-state index in [-0.39, 0.29) is 30.8 Å². The van der Waals surface area contributed by atoms with Crippen molar-refractivity contribution in [2.45, 2.75) is 264 Å². The van der Waals surface area contributed by atoms with Crippen molar-refractivity contribution in [2.75, 3.05) is 43.2 Å². The van der Waals surface area contributed by atoms with Crippen LogP contribution in [0.5, 0.6) is 0 Å². The molecular formula is C50H99NO5S2. The van der Waals surface area contributed by atoms with Gasteiger partial charge in [0.05, 0.1) is 0 Å². The fourth-order valence-corrected chi connectivity index (χ4v) is 9.88. The second kappa shape index (κ2) is 46.1. The second-order valence-electron chi connectivity index (χ2n) is 17.4. The summed E-state index contributed by atoms with van der Waals surface area (Å²) in [6, 6.07) is 0.608. The molecule has 8 heteroatoms. The van der Waals surface area contributed by atoms with E-state index in [1.807, 2.05) is 23.5 Å². The van der Waals surface area contributed by atoms with Gasteiger partial charge in [0.1, 0.15) is 12.2 Å². The van der Waals surface area contributed by atoms with Gasteiger partial charge in [0.2, 0.25) is 0 Å². The van der Waals surface area contributed by atoms with E-state index in [4.69, 9.17) is 9.47 Å². The number of nitrogens with zero attached hydrogens (tertiary/aromatic N) is 1. The first-order valence-electron chi connectivity index (χ1n) is 25.3. The third-order valence-corrected chi connectivity index (χ3v) is 14.0. The molecule has 0 fully saturated rings. The van der Waals surface area contributed by atoms with Gasteiger partial charge in [0, 0.05) is 37.0 Å². The highest BCUT2D eigenvalue weighted by atomic mass is 32.2. The molecule has 0 saturated carbocycles. The summed E-state index contributed by atoms with van der Waals surface area (Å²) < 4.78 is 12.0. The van der Waals surface area contributed by atoms with Crippen LogP contribution in [0, 0.1) is 0 Å². The number of esters is 2. The molecule has 0 saturated heterocycles. The lowest BCUT2D eigenvalue weighted by Crippen LogP contribution is -2.32. The van der Waals surface area contributed by atoms with Crippen LogP contribution >= 0.6 is 23.5 Å². The molecule has 0 amide bonds. The smallest absolute Gasteiger partial charge is 0.306 e. The number of thioether (sulfide) groups is 2. The molecule has 2 atom stereocenters. The Bertz CT molecular complexity index is 804. The van der Waals surface area contributed by atoms with Gasteiger partial charge in [-0.2, -0.15) is 23.5 Å². The highest BCUT2D eigenvalue weighted by molar-refractivity contribution is 7.99. The monoisotopic (exact) mass is 858 g/mol. The lowest BCUT2D eigenvalue weighted by molar-refractivity contribution is -0.149. The molecule has 0 aromatic heterocycles. The standard InChI is InChI=1S/C50H99NO5S2/c1-6-10-14-18-20-28-38-49(53)55-47(36-26-16-12-8-3)44-57-42-32-22-24-34-46(51(5)40-30-31-41-52)35-25-23-33-43-58-45-48(37-27-17-13-9-4)56-50(54)39-29-21-19-15-11-7-2/h46-48,52H,6-45H2,1-5H3. The Hall–Kier alpha value is -0.440. The first-order chi connectivity index (χ1) is 28.4. The first kappa shape index (κ1) is 57.6. The lowest BCUT2D eigenvalue weighted by atomic mass is 10.0. The number of carbonyl (C=O) groups is 2. The minimum Gasteiger partial charge on any atom is -0.461 e. The van der Waals surface area contributed by atoms with Crippen molar-refractivity contribution in [1.29, 1.82) is 0 Å². The average Bonchev–Trinajstić information content (AvgIpc) is 3.21. The predicted molar refractivity (Wildman–Crippen MR) is 258 cm³/mol. The number of carbonyl (C=O) groups excluding carboxylic acids is 2. The third kappa shape index (κ3) is 39.7. The number of ether oxygens (including phenoxy) is 2. The number of unbranched alkanes of at least 4 members (excludes halogenated alkanes) is 21. The summed E-state index contributed by atoms with van der Waals surface area (Å²) in [6.45, 7) is 10.3. The molecule has 1 N–H and O–H groups in total. The van der Waals surface area contributed by atoms with Crippen molar-refractivity contribution in [3.8, 4) is 0 Å². The molecule has 0 bridgehead atoms. The zero-order valence-corrected chi connectivity index (χ0v) is 41.0. The Labute approximate surface area is 370 Å². The normalized spacial score (nSPS) is 13.2. The van der Waals surface area contributed by atoms with Crippen LogP contribution < -0.4 is 0 Å². The number of rotatable bonds is 47. The van der Waals surface area contributed by atoms with Crippen molar-refractivity contribution in [1.82, 2.24) is 4.90 Å². The quantitative estimate of drug-likeness (QED) is 0.0479. The number of hydrogen-bond acceptors (Lipinski definition) is 8. The highest BCUT2D eigenvalue weighted by Gasteiger charge is 2.17. The summed E-state index contributed by atoms with van der Waals surface area (Å²) in [4.78, 5) is 27.8. The molecule has 0 aromatic rings. The van der Waals surface area contributed by atoms with Crippen molar-refractivity contribution < 1.29 is 24.2 Å². The van der Waals surface area contributed by atoms with Crippen LogP contribution in [-0.4, -0.2) is 83.4 Å². The molecule has 0 aromatic carbocycles. The van der Waals surface area contributed by atoms with Crippen molar-refractivity contribution in [2.24, 2.45) is 0 Å². The van der Waals surface area contributed by atoms with Crippen LogP contribution in [0.4, 0.5) is 0 Å². The molecule has 0 aliphatic carbocycles.